The molecule has 0 spiro atoms. The molecule has 3 rings (SSSR count). The molecule has 2 amide bonds. The Morgan fingerprint density at radius 1 is 1.06 bits per heavy atom. The van der Waals surface area contributed by atoms with Gasteiger partial charge in [-0.1, -0.05) is 20.8 Å². The number of carbonyl (C=O) groups excluding carboxylic acids is 2. The molecule has 0 aromatic heterocycles. The SMILES string of the molecule is CC(C)(C)CC(=O)Nc1ccc(N2CCCC2)c(C(=O)NCCCN2CCOCC2)c1. The summed E-state index contributed by atoms with van der Waals surface area (Å²) in [5.74, 6) is -0.103. The Labute approximate surface area is 186 Å². The summed E-state index contributed by atoms with van der Waals surface area (Å²) in [5, 5.41) is 6.05. The van der Waals surface area contributed by atoms with Gasteiger partial charge in [-0.05, 0) is 49.4 Å². The number of nitrogens with one attached hydrogen (secondary N) is 2. The summed E-state index contributed by atoms with van der Waals surface area (Å²) in [6.45, 7) is 13.2. The zero-order valence-corrected chi connectivity index (χ0v) is 19.3. The van der Waals surface area contributed by atoms with Gasteiger partial charge in [0, 0.05) is 50.5 Å². The maximum Gasteiger partial charge on any atom is 0.253 e. The molecule has 2 fully saturated rings. The number of benzene rings is 1. The highest BCUT2D eigenvalue weighted by molar-refractivity contribution is 6.02. The molecule has 0 unspecified atom stereocenters. The number of nitrogens with zero attached hydrogens (tertiary/aromatic N) is 2. The third-order valence-corrected chi connectivity index (χ3v) is 5.70. The zero-order valence-electron chi connectivity index (χ0n) is 19.3. The Morgan fingerprint density at radius 3 is 2.45 bits per heavy atom. The summed E-state index contributed by atoms with van der Waals surface area (Å²) in [6.07, 6.45) is 3.63. The summed E-state index contributed by atoms with van der Waals surface area (Å²) in [5.41, 5.74) is 2.19. The molecule has 7 nitrogen and oxygen atoms in total. The van der Waals surface area contributed by atoms with Crippen LogP contribution in [0.2, 0.25) is 0 Å². The average molecular weight is 431 g/mol. The fourth-order valence-corrected chi connectivity index (χ4v) is 4.14. The molecule has 1 aromatic carbocycles. The molecule has 2 N–H and O–H groups in total. The van der Waals surface area contributed by atoms with Crippen molar-refractivity contribution in [3.63, 3.8) is 0 Å². The summed E-state index contributed by atoms with van der Waals surface area (Å²) < 4.78 is 5.38. The van der Waals surface area contributed by atoms with Gasteiger partial charge in [0.1, 0.15) is 0 Å². The van der Waals surface area contributed by atoms with Crippen LogP contribution in [0.5, 0.6) is 0 Å². The lowest BCUT2D eigenvalue weighted by Gasteiger charge is -2.26. The molecule has 2 saturated heterocycles. The van der Waals surface area contributed by atoms with E-state index in [0.717, 1.165) is 70.9 Å². The van der Waals surface area contributed by atoms with Crippen molar-refractivity contribution in [3.8, 4) is 0 Å². The summed E-state index contributed by atoms with van der Waals surface area (Å²) in [7, 11) is 0. The van der Waals surface area contributed by atoms with Crippen LogP contribution in [0, 0.1) is 5.41 Å². The van der Waals surface area contributed by atoms with E-state index in [1.54, 1.807) is 0 Å². The predicted molar refractivity (Wildman–Crippen MR) is 125 cm³/mol. The number of anilines is 2. The third-order valence-electron chi connectivity index (χ3n) is 5.70. The van der Waals surface area contributed by atoms with Gasteiger partial charge in [-0.15, -0.1) is 0 Å². The van der Waals surface area contributed by atoms with E-state index in [1.807, 2.05) is 39.0 Å². The van der Waals surface area contributed by atoms with Crippen LogP contribution in [-0.2, 0) is 9.53 Å². The first-order chi connectivity index (χ1) is 14.8. The molecule has 0 saturated carbocycles. The number of hydrogen-bond acceptors (Lipinski definition) is 5. The predicted octanol–water partition coefficient (Wildman–Crippen LogP) is 3.11. The Kier molecular flexibility index (Phi) is 8.32. The van der Waals surface area contributed by atoms with Gasteiger partial charge < -0.3 is 20.3 Å². The molecule has 0 aliphatic carbocycles. The second kappa shape index (κ2) is 11.0. The van der Waals surface area contributed by atoms with Crippen LogP contribution >= 0.6 is 0 Å². The Morgan fingerprint density at radius 2 is 1.77 bits per heavy atom. The lowest BCUT2D eigenvalue weighted by molar-refractivity contribution is -0.117. The molecular formula is C24H38N4O3. The first-order valence-electron chi connectivity index (χ1n) is 11.6. The van der Waals surface area contributed by atoms with Crippen molar-refractivity contribution in [1.29, 1.82) is 0 Å². The first kappa shape index (κ1) is 23.5. The van der Waals surface area contributed by atoms with Crippen molar-refractivity contribution in [2.45, 2.75) is 46.5 Å². The van der Waals surface area contributed by atoms with Crippen molar-refractivity contribution in [2.24, 2.45) is 5.41 Å². The van der Waals surface area contributed by atoms with Gasteiger partial charge in [0.25, 0.3) is 5.91 Å². The fourth-order valence-electron chi connectivity index (χ4n) is 4.14. The Balaban J connectivity index is 1.63. The van der Waals surface area contributed by atoms with E-state index in [-0.39, 0.29) is 17.2 Å². The minimum atomic E-state index is -0.0831. The topological polar surface area (TPSA) is 73.9 Å². The van der Waals surface area contributed by atoms with Crippen molar-refractivity contribution in [1.82, 2.24) is 10.2 Å². The van der Waals surface area contributed by atoms with Crippen molar-refractivity contribution < 1.29 is 14.3 Å². The molecule has 2 heterocycles. The van der Waals surface area contributed by atoms with Gasteiger partial charge in [-0.25, -0.2) is 0 Å². The second-order valence-electron chi connectivity index (χ2n) is 9.78. The van der Waals surface area contributed by atoms with E-state index in [4.69, 9.17) is 4.74 Å². The molecule has 172 valence electrons. The number of amides is 2. The largest absolute Gasteiger partial charge is 0.379 e. The molecule has 2 aliphatic heterocycles. The van der Waals surface area contributed by atoms with Gasteiger partial charge >= 0.3 is 0 Å². The number of hydrogen-bond donors (Lipinski definition) is 2. The molecule has 7 heteroatoms. The van der Waals surface area contributed by atoms with Gasteiger partial charge in [0.15, 0.2) is 0 Å². The standard InChI is InChI=1S/C24H38N4O3/c1-24(2,3)18-22(29)26-19-7-8-21(28-11-4-5-12-28)20(17-19)23(30)25-9-6-10-27-13-15-31-16-14-27/h7-8,17H,4-6,9-16,18H2,1-3H3,(H,25,30)(H,26,29). The third kappa shape index (κ3) is 7.51. The molecule has 31 heavy (non-hydrogen) atoms. The second-order valence-corrected chi connectivity index (χ2v) is 9.78. The van der Waals surface area contributed by atoms with Gasteiger partial charge in [-0.2, -0.15) is 0 Å². The number of ether oxygens (including phenoxy) is 1. The highest BCUT2D eigenvalue weighted by Crippen LogP contribution is 2.28. The summed E-state index contributed by atoms with van der Waals surface area (Å²) in [6, 6.07) is 5.70. The van der Waals surface area contributed by atoms with Crippen molar-refractivity contribution in [2.75, 3.05) is 62.7 Å². The monoisotopic (exact) mass is 430 g/mol. The van der Waals surface area contributed by atoms with E-state index in [9.17, 15) is 9.59 Å². The minimum Gasteiger partial charge on any atom is -0.379 e. The highest BCUT2D eigenvalue weighted by Gasteiger charge is 2.21. The van der Waals surface area contributed by atoms with E-state index in [2.05, 4.69) is 20.4 Å². The maximum atomic E-state index is 13.1. The molecule has 1 aromatic rings. The fraction of sp³-hybridized carbons (Fsp3) is 0.667. The van der Waals surface area contributed by atoms with Gasteiger partial charge in [0.05, 0.1) is 18.8 Å². The van der Waals surface area contributed by atoms with Crippen LogP contribution in [0.15, 0.2) is 18.2 Å². The van der Waals surface area contributed by atoms with Crippen LogP contribution in [0.4, 0.5) is 11.4 Å². The number of carbonyl (C=O) groups is 2. The number of rotatable bonds is 8. The normalized spacial score (nSPS) is 17.6. The Hall–Kier alpha value is -2.12. The van der Waals surface area contributed by atoms with E-state index in [0.29, 0.717) is 24.2 Å². The molecule has 0 radical (unpaired) electrons. The van der Waals surface area contributed by atoms with E-state index in [1.165, 1.54) is 0 Å². The van der Waals surface area contributed by atoms with Crippen LogP contribution in [-0.4, -0.2) is 69.2 Å². The summed E-state index contributed by atoms with van der Waals surface area (Å²) >= 11 is 0. The lowest BCUT2D eigenvalue weighted by atomic mass is 9.92. The molecular weight excluding hydrogens is 392 g/mol. The maximum absolute atomic E-state index is 13.1. The first-order valence-corrected chi connectivity index (χ1v) is 11.6. The highest BCUT2D eigenvalue weighted by atomic mass is 16.5. The van der Waals surface area contributed by atoms with Gasteiger partial charge in [0.2, 0.25) is 5.91 Å². The molecule has 0 bridgehead atoms. The van der Waals surface area contributed by atoms with Crippen LogP contribution in [0.1, 0.15) is 56.8 Å². The molecule has 0 atom stereocenters. The Bertz CT molecular complexity index is 748. The smallest absolute Gasteiger partial charge is 0.253 e. The molecule has 2 aliphatic rings. The number of morpholine rings is 1. The lowest BCUT2D eigenvalue weighted by Crippen LogP contribution is -2.38. The van der Waals surface area contributed by atoms with E-state index < -0.39 is 0 Å². The minimum absolute atomic E-state index is 0.0294. The van der Waals surface area contributed by atoms with Crippen LogP contribution in [0.3, 0.4) is 0 Å². The van der Waals surface area contributed by atoms with Crippen LogP contribution < -0.4 is 15.5 Å². The van der Waals surface area contributed by atoms with Gasteiger partial charge in [-0.3, -0.25) is 14.5 Å². The zero-order chi connectivity index (χ0) is 22.3. The quantitative estimate of drug-likeness (QED) is 0.620. The van der Waals surface area contributed by atoms with Crippen molar-refractivity contribution in [3.05, 3.63) is 23.8 Å². The average Bonchev–Trinajstić information content (AvgIpc) is 3.25. The van der Waals surface area contributed by atoms with E-state index >= 15 is 0 Å². The van der Waals surface area contributed by atoms with Crippen molar-refractivity contribution >= 4 is 23.2 Å². The van der Waals surface area contributed by atoms with Crippen LogP contribution in [0.25, 0.3) is 0 Å². The summed E-state index contributed by atoms with van der Waals surface area (Å²) in [4.78, 5) is 30.1.